The van der Waals surface area contributed by atoms with Gasteiger partial charge in [-0.2, -0.15) is 0 Å². The molecule has 1 aliphatic rings. The van der Waals surface area contributed by atoms with Gasteiger partial charge in [-0.25, -0.2) is 9.67 Å². The number of hydrogen-bond donors (Lipinski definition) is 1. The lowest BCUT2D eigenvalue weighted by Gasteiger charge is -2.25. The van der Waals surface area contributed by atoms with Crippen molar-refractivity contribution in [3.8, 4) is 5.69 Å². The average molecular weight is 332 g/mol. The summed E-state index contributed by atoms with van der Waals surface area (Å²) in [4.78, 5) is 16.8. The van der Waals surface area contributed by atoms with Gasteiger partial charge >= 0.3 is 0 Å². The van der Waals surface area contributed by atoms with E-state index in [1.54, 1.807) is 11.0 Å². The molecular formula is C20H20N4O. The van der Waals surface area contributed by atoms with E-state index < -0.39 is 0 Å². The van der Waals surface area contributed by atoms with Gasteiger partial charge in [0.05, 0.1) is 11.7 Å². The number of amides is 1. The molecule has 1 unspecified atom stereocenters. The second-order valence-corrected chi connectivity index (χ2v) is 6.47. The quantitative estimate of drug-likeness (QED) is 0.800. The molecule has 1 amide bonds. The Kier molecular flexibility index (Phi) is 4.06. The summed E-state index contributed by atoms with van der Waals surface area (Å²) in [5.74, 6) is -0.0299. The minimum absolute atomic E-state index is 0.0309. The Labute approximate surface area is 146 Å². The highest BCUT2D eigenvalue weighted by Crippen LogP contribution is 2.29. The van der Waals surface area contributed by atoms with E-state index in [0.29, 0.717) is 0 Å². The van der Waals surface area contributed by atoms with Crippen LogP contribution in [0.5, 0.6) is 0 Å². The van der Waals surface area contributed by atoms with Crippen LogP contribution in [-0.2, 0) is 6.42 Å². The fourth-order valence-electron chi connectivity index (χ4n) is 3.39. The maximum Gasteiger partial charge on any atom is 0.291 e. The van der Waals surface area contributed by atoms with Gasteiger partial charge in [0, 0.05) is 0 Å². The lowest BCUT2D eigenvalue weighted by molar-refractivity contribution is 0.0922. The second kappa shape index (κ2) is 6.51. The molecule has 2 aromatic carbocycles. The molecule has 25 heavy (non-hydrogen) atoms. The van der Waals surface area contributed by atoms with Gasteiger partial charge in [0.15, 0.2) is 0 Å². The Bertz CT molecular complexity index is 915. The van der Waals surface area contributed by atoms with Gasteiger partial charge in [0.2, 0.25) is 5.82 Å². The zero-order valence-corrected chi connectivity index (χ0v) is 14.1. The number of carbonyl (C=O) groups excluding carboxylic acids is 1. The molecule has 0 fully saturated rings. The van der Waals surface area contributed by atoms with Crippen LogP contribution < -0.4 is 5.32 Å². The number of aryl methyl sites for hydroxylation is 2. The molecule has 0 saturated heterocycles. The lowest BCUT2D eigenvalue weighted by atomic mass is 9.88. The zero-order chi connectivity index (χ0) is 17.2. The average Bonchev–Trinajstić information content (AvgIpc) is 3.12. The van der Waals surface area contributed by atoms with Crippen LogP contribution in [0.2, 0.25) is 0 Å². The van der Waals surface area contributed by atoms with E-state index in [1.165, 1.54) is 11.1 Å². The predicted octanol–water partition coefficient (Wildman–Crippen LogP) is 3.38. The molecule has 1 atom stereocenters. The normalized spacial score (nSPS) is 16.3. The van der Waals surface area contributed by atoms with E-state index in [1.807, 2.05) is 43.3 Å². The molecule has 0 saturated carbocycles. The number of aromatic nitrogens is 3. The van der Waals surface area contributed by atoms with Crippen LogP contribution in [0.1, 0.15) is 46.2 Å². The second-order valence-electron chi connectivity index (χ2n) is 6.47. The molecule has 5 nitrogen and oxygen atoms in total. The molecule has 1 aliphatic carbocycles. The molecule has 126 valence electrons. The van der Waals surface area contributed by atoms with Crippen molar-refractivity contribution >= 4 is 5.91 Å². The first-order valence-corrected chi connectivity index (χ1v) is 8.58. The summed E-state index contributed by atoms with van der Waals surface area (Å²) in [6.45, 7) is 2.02. The summed E-state index contributed by atoms with van der Waals surface area (Å²) in [6, 6.07) is 16.3. The predicted molar refractivity (Wildman–Crippen MR) is 95.7 cm³/mol. The summed E-state index contributed by atoms with van der Waals surface area (Å²) >= 11 is 0. The van der Waals surface area contributed by atoms with E-state index in [4.69, 9.17) is 0 Å². The van der Waals surface area contributed by atoms with Crippen molar-refractivity contribution in [2.24, 2.45) is 0 Å². The van der Waals surface area contributed by atoms with Crippen LogP contribution >= 0.6 is 0 Å². The van der Waals surface area contributed by atoms with Gasteiger partial charge < -0.3 is 5.32 Å². The highest BCUT2D eigenvalue weighted by atomic mass is 16.2. The summed E-state index contributed by atoms with van der Waals surface area (Å²) < 4.78 is 1.64. The molecule has 0 aliphatic heterocycles. The van der Waals surface area contributed by atoms with E-state index in [2.05, 4.69) is 27.5 Å². The van der Waals surface area contributed by atoms with E-state index in [-0.39, 0.29) is 17.8 Å². The Morgan fingerprint density at radius 1 is 1.20 bits per heavy atom. The molecule has 1 aromatic heterocycles. The Morgan fingerprint density at radius 3 is 2.96 bits per heavy atom. The molecule has 4 rings (SSSR count). The third kappa shape index (κ3) is 3.18. The molecule has 0 radical (unpaired) electrons. The van der Waals surface area contributed by atoms with Crippen molar-refractivity contribution in [2.75, 3.05) is 0 Å². The highest BCUT2D eigenvalue weighted by molar-refractivity contribution is 5.90. The Balaban J connectivity index is 1.53. The summed E-state index contributed by atoms with van der Waals surface area (Å²) in [7, 11) is 0. The number of hydrogen-bond acceptors (Lipinski definition) is 3. The zero-order valence-electron chi connectivity index (χ0n) is 14.1. The fraction of sp³-hybridized carbons (Fsp3) is 0.250. The first kappa shape index (κ1) is 15.6. The first-order valence-electron chi connectivity index (χ1n) is 8.58. The summed E-state index contributed by atoms with van der Waals surface area (Å²) in [5.41, 5.74) is 4.56. The fourth-order valence-corrected chi connectivity index (χ4v) is 3.39. The van der Waals surface area contributed by atoms with E-state index in [9.17, 15) is 4.79 Å². The van der Waals surface area contributed by atoms with Crippen molar-refractivity contribution in [1.29, 1.82) is 0 Å². The summed E-state index contributed by atoms with van der Waals surface area (Å²) in [5, 5.41) is 7.43. The number of nitrogens with one attached hydrogen (secondary N) is 1. The largest absolute Gasteiger partial charge is 0.342 e. The minimum Gasteiger partial charge on any atom is -0.342 e. The molecule has 1 heterocycles. The van der Waals surface area contributed by atoms with Crippen LogP contribution in [0.3, 0.4) is 0 Å². The van der Waals surface area contributed by atoms with Crippen molar-refractivity contribution in [1.82, 2.24) is 20.1 Å². The molecule has 0 spiro atoms. The molecule has 5 heteroatoms. The van der Waals surface area contributed by atoms with Gasteiger partial charge in [-0.05, 0) is 55.0 Å². The van der Waals surface area contributed by atoms with Crippen LogP contribution in [0.15, 0.2) is 54.9 Å². The maximum atomic E-state index is 12.6. The van der Waals surface area contributed by atoms with Gasteiger partial charge in [-0.3, -0.25) is 4.79 Å². The van der Waals surface area contributed by atoms with Crippen LogP contribution in [0.4, 0.5) is 0 Å². The number of fused-ring (bicyclic) bond motifs is 1. The van der Waals surface area contributed by atoms with Gasteiger partial charge in [-0.1, -0.05) is 36.4 Å². The molecule has 0 bridgehead atoms. The third-order valence-corrected chi connectivity index (χ3v) is 4.64. The van der Waals surface area contributed by atoms with Crippen molar-refractivity contribution in [3.05, 3.63) is 77.4 Å². The molecule has 1 N–H and O–H groups in total. The maximum absolute atomic E-state index is 12.6. The topological polar surface area (TPSA) is 59.8 Å². The van der Waals surface area contributed by atoms with Crippen molar-refractivity contribution in [3.63, 3.8) is 0 Å². The van der Waals surface area contributed by atoms with Crippen LogP contribution in [0, 0.1) is 6.92 Å². The smallest absolute Gasteiger partial charge is 0.291 e. The van der Waals surface area contributed by atoms with Gasteiger partial charge in [-0.15, -0.1) is 5.10 Å². The standard InChI is InChI=1S/C20H20N4O/c1-14-6-4-9-16(12-14)24-13-21-19(23-24)20(25)22-18-11-5-8-15-7-2-3-10-17(15)18/h2-4,6-7,9-10,12-13,18H,5,8,11H2,1H3,(H,22,25). The summed E-state index contributed by atoms with van der Waals surface area (Å²) in [6.07, 6.45) is 4.68. The van der Waals surface area contributed by atoms with Gasteiger partial charge in [0.1, 0.15) is 6.33 Å². The number of benzene rings is 2. The first-order chi connectivity index (χ1) is 12.2. The molecule has 3 aromatic rings. The third-order valence-electron chi connectivity index (χ3n) is 4.64. The van der Waals surface area contributed by atoms with Crippen LogP contribution in [0.25, 0.3) is 5.69 Å². The van der Waals surface area contributed by atoms with Gasteiger partial charge in [0.25, 0.3) is 5.91 Å². The number of carbonyl (C=O) groups is 1. The Morgan fingerprint density at radius 2 is 2.08 bits per heavy atom. The SMILES string of the molecule is Cc1cccc(-n2cnc(C(=O)NC3CCCc4ccccc43)n2)c1. The number of nitrogens with zero attached hydrogens (tertiary/aromatic N) is 3. The van der Waals surface area contributed by atoms with Crippen LogP contribution in [-0.4, -0.2) is 20.7 Å². The van der Waals surface area contributed by atoms with Crippen molar-refractivity contribution in [2.45, 2.75) is 32.2 Å². The monoisotopic (exact) mass is 332 g/mol. The lowest BCUT2D eigenvalue weighted by Crippen LogP contribution is -2.31. The van der Waals surface area contributed by atoms with Crippen molar-refractivity contribution < 1.29 is 4.79 Å². The highest BCUT2D eigenvalue weighted by Gasteiger charge is 2.23. The molecular weight excluding hydrogens is 312 g/mol. The van der Waals surface area contributed by atoms with E-state index >= 15 is 0 Å². The van der Waals surface area contributed by atoms with E-state index in [0.717, 1.165) is 30.5 Å². The Hall–Kier alpha value is -2.95. The number of rotatable bonds is 3. The minimum atomic E-state index is -0.229.